The van der Waals surface area contributed by atoms with Gasteiger partial charge in [0.15, 0.2) is 11.2 Å². The highest BCUT2D eigenvalue weighted by Gasteiger charge is 2.34. The summed E-state index contributed by atoms with van der Waals surface area (Å²) >= 11 is 6.32. The quantitative estimate of drug-likeness (QED) is 0.580. The molecule has 0 saturated carbocycles. The van der Waals surface area contributed by atoms with E-state index in [4.69, 9.17) is 20.8 Å². The molecule has 160 valence electrons. The highest BCUT2D eigenvalue weighted by Crippen LogP contribution is 2.29. The van der Waals surface area contributed by atoms with E-state index in [1.165, 1.54) is 13.2 Å². The zero-order chi connectivity index (χ0) is 22.0. The van der Waals surface area contributed by atoms with E-state index in [0.29, 0.717) is 47.7 Å². The first kappa shape index (κ1) is 21.1. The minimum absolute atomic E-state index is 0.00720. The first-order valence-electron chi connectivity index (χ1n) is 9.88. The molecular weight excluding hydrogens is 420 g/mol. The highest BCUT2D eigenvalue weighted by molar-refractivity contribution is 6.31. The fourth-order valence-electron chi connectivity index (χ4n) is 3.83. The molecule has 1 aromatic heterocycles. The number of halogens is 1. The molecule has 3 aromatic rings. The molecule has 1 fully saturated rings. The molecule has 1 saturated heterocycles. The fourth-order valence-corrected chi connectivity index (χ4v) is 4.07. The summed E-state index contributed by atoms with van der Waals surface area (Å²) in [6.07, 6.45) is 0. The normalized spacial score (nSPS) is 15.6. The second kappa shape index (κ2) is 8.91. The lowest BCUT2D eigenvalue weighted by atomic mass is 10.0. The summed E-state index contributed by atoms with van der Waals surface area (Å²) < 4.78 is 10.7. The molecule has 1 unspecified atom stereocenters. The monoisotopic (exact) mass is 440 g/mol. The maximum absolute atomic E-state index is 12.9. The third-order valence-corrected chi connectivity index (χ3v) is 5.78. The third-order valence-electron chi connectivity index (χ3n) is 5.44. The highest BCUT2D eigenvalue weighted by atomic mass is 35.5. The fraction of sp³-hybridized carbons (Fsp3) is 0.261. The van der Waals surface area contributed by atoms with E-state index in [1.807, 2.05) is 11.0 Å². The van der Waals surface area contributed by atoms with Crippen molar-refractivity contribution in [1.29, 1.82) is 0 Å². The van der Waals surface area contributed by atoms with E-state index in [1.54, 1.807) is 47.4 Å². The van der Waals surface area contributed by atoms with E-state index in [9.17, 15) is 14.4 Å². The number of nitrogens with zero attached hydrogens (tertiary/aromatic N) is 2. The number of carbonyl (C=O) groups is 2. The average molecular weight is 441 g/mol. The number of amides is 1. The van der Waals surface area contributed by atoms with Gasteiger partial charge in [0, 0.05) is 37.3 Å². The van der Waals surface area contributed by atoms with Crippen LogP contribution in [0.1, 0.15) is 22.2 Å². The number of benzene rings is 2. The van der Waals surface area contributed by atoms with Crippen LogP contribution in [0.25, 0.3) is 11.0 Å². The smallest absolute Gasteiger partial charge is 0.327 e. The number of hydrogen-bond acceptors (Lipinski definition) is 6. The lowest BCUT2D eigenvalue weighted by Gasteiger charge is -2.38. The van der Waals surface area contributed by atoms with Crippen LogP contribution >= 0.6 is 11.6 Å². The Morgan fingerprint density at radius 3 is 2.42 bits per heavy atom. The van der Waals surface area contributed by atoms with Crippen LogP contribution in [0.4, 0.5) is 0 Å². The molecule has 31 heavy (non-hydrogen) atoms. The van der Waals surface area contributed by atoms with Gasteiger partial charge in [0.1, 0.15) is 11.6 Å². The first-order chi connectivity index (χ1) is 15.0. The maximum Gasteiger partial charge on any atom is 0.327 e. The number of rotatable bonds is 4. The molecule has 1 aliphatic rings. The van der Waals surface area contributed by atoms with Gasteiger partial charge in [-0.3, -0.25) is 14.5 Å². The van der Waals surface area contributed by atoms with Crippen molar-refractivity contribution in [2.45, 2.75) is 6.04 Å². The molecule has 0 bridgehead atoms. The number of fused-ring (bicyclic) bond motifs is 1. The van der Waals surface area contributed by atoms with Crippen LogP contribution in [-0.2, 0) is 9.53 Å². The van der Waals surface area contributed by atoms with Gasteiger partial charge in [-0.2, -0.15) is 0 Å². The molecule has 2 aromatic carbocycles. The van der Waals surface area contributed by atoms with Crippen molar-refractivity contribution in [1.82, 2.24) is 9.80 Å². The Kier molecular flexibility index (Phi) is 6.06. The lowest BCUT2D eigenvalue weighted by molar-refractivity contribution is -0.148. The Morgan fingerprint density at radius 2 is 1.71 bits per heavy atom. The second-order valence-electron chi connectivity index (χ2n) is 7.25. The summed E-state index contributed by atoms with van der Waals surface area (Å²) in [5.41, 5.74) is 0.783. The summed E-state index contributed by atoms with van der Waals surface area (Å²) in [4.78, 5) is 41.3. The van der Waals surface area contributed by atoms with Crippen molar-refractivity contribution in [2.75, 3.05) is 33.3 Å². The third kappa shape index (κ3) is 4.19. The summed E-state index contributed by atoms with van der Waals surface area (Å²) in [5, 5.41) is 0.916. The number of methoxy groups -OCH3 is 1. The Balaban J connectivity index is 1.52. The Bertz CT molecular complexity index is 1180. The van der Waals surface area contributed by atoms with Gasteiger partial charge < -0.3 is 14.1 Å². The summed E-state index contributed by atoms with van der Waals surface area (Å²) in [6, 6.07) is 14.5. The first-order valence-corrected chi connectivity index (χ1v) is 10.3. The molecule has 1 atom stereocenters. The van der Waals surface area contributed by atoms with Crippen molar-refractivity contribution in [3.05, 3.63) is 81.2 Å². The van der Waals surface area contributed by atoms with Gasteiger partial charge in [-0.25, -0.2) is 4.79 Å². The van der Waals surface area contributed by atoms with Crippen LogP contribution in [-0.4, -0.2) is 55.0 Å². The van der Waals surface area contributed by atoms with Crippen LogP contribution in [0.15, 0.2) is 63.8 Å². The summed E-state index contributed by atoms with van der Waals surface area (Å²) in [7, 11) is 1.34. The number of hydrogen-bond donors (Lipinski definition) is 0. The van der Waals surface area contributed by atoms with Crippen molar-refractivity contribution in [3.63, 3.8) is 0 Å². The maximum atomic E-state index is 12.9. The van der Waals surface area contributed by atoms with Gasteiger partial charge in [0.25, 0.3) is 5.91 Å². The largest absolute Gasteiger partial charge is 0.468 e. The molecule has 0 spiro atoms. The Hall–Kier alpha value is -3.16. The van der Waals surface area contributed by atoms with E-state index in [2.05, 4.69) is 0 Å². The molecule has 7 nitrogen and oxygen atoms in total. The predicted octanol–water partition coefficient (Wildman–Crippen LogP) is 3.12. The van der Waals surface area contributed by atoms with Crippen LogP contribution < -0.4 is 5.43 Å². The SMILES string of the molecule is COC(=O)C(c1ccccc1Cl)N1CCN(C(=O)c2cc(=O)c3ccccc3o2)CC1. The Morgan fingerprint density at radius 1 is 1.03 bits per heavy atom. The zero-order valence-electron chi connectivity index (χ0n) is 16.9. The molecule has 0 radical (unpaired) electrons. The average Bonchev–Trinajstić information content (AvgIpc) is 2.80. The minimum atomic E-state index is -0.658. The molecule has 4 rings (SSSR count). The van der Waals surface area contributed by atoms with Crippen molar-refractivity contribution in [2.24, 2.45) is 0 Å². The van der Waals surface area contributed by atoms with Crippen LogP contribution in [0.2, 0.25) is 5.02 Å². The van der Waals surface area contributed by atoms with Gasteiger partial charge >= 0.3 is 5.97 Å². The number of piperazine rings is 1. The van der Waals surface area contributed by atoms with Crippen LogP contribution in [0.5, 0.6) is 0 Å². The molecule has 0 N–H and O–H groups in total. The Labute approximate surface area is 183 Å². The van der Waals surface area contributed by atoms with Gasteiger partial charge in [0.05, 0.1) is 12.5 Å². The molecule has 0 aliphatic carbocycles. The standard InChI is InChI=1S/C23H21ClN2O5/c1-30-23(29)21(15-6-2-4-8-17(15)24)25-10-12-26(13-11-25)22(28)20-14-18(27)16-7-3-5-9-19(16)31-20/h2-9,14,21H,10-13H2,1H3. The van der Waals surface area contributed by atoms with Gasteiger partial charge in [-0.15, -0.1) is 0 Å². The van der Waals surface area contributed by atoms with E-state index in [0.717, 1.165) is 0 Å². The van der Waals surface area contributed by atoms with Crippen LogP contribution in [0, 0.1) is 0 Å². The van der Waals surface area contributed by atoms with Crippen molar-refractivity contribution < 1.29 is 18.7 Å². The second-order valence-corrected chi connectivity index (χ2v) is 7.65. The molecule has 8 heteroatoms. The number of esters is 1. The lowest BCUT2D eigenvalue weighted by Crippen LogP contribution is -2.51. The topological polar surface area (TPSA) is 80.1 Å². The summed E-state index contributed by atoms with van der Waals surface area (Å²) in [5.74, 6) is -0.754. The van der Waals surface area contributed by atoms with Gasteiger partial charge in [-0.1, -0.05) is 41.9 Å². The van der Waals surface area contributed by atoms with Crippen molar-refractivity contribution >= 4 is 34.4 Å². The minimum Gasteiger partial charge on any atom is -0.468 e. The predicted molar refractivity (Wildman–Crippen MR) is 116 cm³/mol. The van der Waals surface area contributed by atoms with Crippen molar-refractivity contribution in [3.8, 4) is 0 Å². The molecule has 2 heterocycles. The summed E-state index contributed by atoms with van der Waals surface area (Å²) in [6.45, 7) is 1.61. The number of carbonyl (C=O) groups excluding carboxylic acids is 2. The van der Waals surface area contributed by atoms with E-state index in [-0.39, 0.29) is 17.1 Å². The van der Waals surface area contributed by atoms with E-state index >= 15 is 0 Å². The number of ether oxygens (including phenoxy) is 1. The molecule has 1 aliphatic heterocycles. The zero-order valence-corrected chi connectivity index (χ0v) is 17.7. The molecular formula is C23H21ClN2O5. The number of para-hydroxylation sites is 1. The van der Waals surface area contributed by atoms with Crippen LogP contribution in [0.3, 0.4) is 0 Å². The molecule has 1 amide bonds. The van der Waals surface area contributed by atoms with E-state index < -0.39 is 12.0 Å². The van der Waals surface area contributed by atoms with Gasteiger partial charge in [-0.05, 0) is 23.8 Å². The van der Waals surface area contributed by atoms with Gasteiger partial charge in [0.2, 0.25) is 0 Å².